The number of hydrogen-bond donors (Lipinski definition) is 2. The maximum atomic E-state index is 6.06. The number of guanidine groups is 1. The molecule has 0 aliphatic carbocycles. The number of anilines is 2. The smallest absolute Gasteiger partial charge is 0.193 e. The largest absolute Gasteiger partial charge is 0.370 e. The Morgan fingerprint density at radius 2 is 1.88 bits per heavy atom. The lowest BCUT2D eigenvalue weighted by Crippen LogP contribution is -2.22. The number of hydrogen-bond acceptors (Lipinski definition) is 2. The van der Waals surface area contributed by atoms with Crippen LogP contribution < -0.4 is 16.0 Å². The van der Waals surface area contributed by atoms with E-state index >= 15 is 0 Å². The molecule has 0 radical (unpaired) electrons. The van der Waals surface area contributed by atoms with Gasteiger partial charge in [-0.3, -0.25) is 0 Å². The van der Waals surface area contributed by atoms with Crippen molar-refractivity contribution in [2.45, 2.75) is 32.7 Å². The van der Waals surface area contributed by atoms with Gasteiger partial charge in [0.15, 0.2) is 5.96 Å². The monoisotopic (exact) mass is 348 g/mol. The zero-order valence-corrected chi connectivity index (χ0v) is 15.7. The molecule has 2 aromatic rings. The van der Waals surface area contributed by atoms with E-state index in [4.69, 9.17) is 5.73 Å². The molecule has 0 saturated heterocycles. The molecule has 2 aromatic carbocycles. The minimum Gasteiger partial charge on any atom is -0.370 e. The SMILES string of the molecule is CCC(C)c1ccc(NC(N)=NCc2cccc(N3CC=CC3)c2)cc1. The van der Waals surface area contributed by atoms with Crippen LogP contribution >= 0.6 is 0 Å². The third-order valence-electron chi connectivity index (χ3n) is 4.89. The van der Waals surface area contributed by atoms with Gasteiger partial charge >= 0.3 is 0 Å². The molecule has 4 heteroatoms. The number of benzene rings is 2. The Morgan fingerprint density at radius 3 is 2.58 bits per heavy atom. The molecule has 1 heterocycles. The number of nitrogens with zero attached hydrogens (tertiary/aromatic N) is 2. The maximum Gasteiger partial charge on any atom is 0.193 e. The van der Waals surface area contributed by atoms with Gasteiger partial charge < -0.3 is 16.0 Å². The van der Waals surface area contributed by atoms with Crippen LogP contribution in [0.4, 0.5) is 11.4 Å². The van der Waals surface area contributed by atoms with Crippen LogP contribution in [0, 0.1) is 0 Å². The summed E-state index contributed by atoms with van der Waals surface area (Å²) in [4.78, 5) is 6.81. The quantitative estimate of drug-likeness (QED) is 0.459. The molecule has 136 valence electrons. The summed E-state index contributed by atoms with van der Waals surface area (Å²) < 4.78 is 0. The van der Waals surface area contributed by atoms with Crippen LogP contribution in [0.2, 0.25) is 0 Å². The molecule has 0 spiro atoms. The van der Waals surface area contributed by atoms with E-state index < -0.39 is 0 Å². The summed E-state index contributed by atoms with van der Waals surface area (Å²) in [6, 6.07) is 16.9. The van der Waals surface area contributed by atoms with E-state index in [0.29, 0.717) is 18.4 Å². The lowest BCUT2D eigenvalue weighted by Gasteiger charge is -2.18. The second-order valence-corrected chi connectivity index (χ2v) is 6.80. The molecule has 1 aliphatic rings. The van der Waals surface area contributed by atoms with Crippen LogP contribution in [0.1, 0.15) is 37.3 Å². The van der Waals surface area contributed by atoms with Crippen molar-refractivity contribution in [1.29, 1.82) is 0 Å². The van der Waals surface area contributed by atoms with E-state index in [9.17, 15) is 0 Å². The lowest BCUT2D eigenvalue weighted by atomic mass is 9.99. The second-order valence-electron chi connectivity index (χ2n) is 6.80. The number of rotatable bonds is 6. The predicted octanol–water partition coefficient (Wildman–Crippen LogP) is 4.50. The highest BCUT2D eigenvalue weighted by atomic mass is 15.1. The zero-order valence-electron chi connectivity index (χ0n) is 15.7. The van der Waals surface area contributed by atoms with E-state index in [0.717, 1.165) is 30.8 Å². The summed E-state index contributed by atoms with van der Waals surface area (Å²) in [5.74, 6) is 1.02. The van der Waals surface area contributed by atoms with Gasteiger partial charge in [-0.15, -0.1) is 0 Å². The molecule has 1 aliphatic heterocycles. The molecule has 1 atom stereocenters. The maximum absolute atomic E-state index is 6.06. The van der Waals surface area contributed by atoms with Gasteiger partial charge in [-0.1, -0.05) is 50.3 Å². The Kier molecular flexibility index (Phi) is 5.95. The molecule has 3 N–H and O–H groups in total. The molecule has 0 saturated carbocycles. The van der Waals surface area contributed by atoms with Gasteiger partial charge in [0.1, 0.15) is 0 Å². The normalized spacial score (nSPS) is 15.3. The fraction of sp³-hybridized carbons (Fsp3) is 0.318. The minimum atomic E-state index is 0.439. The number of aliphatic imine (C=N–C) groups is 1. The van der Waals surface area contributed by atoms with Crippen LogP contribution in [0.25, 0.3) is 0 Å². The first-order valence-corrected chi connectivity index (χ1v) is 9.31. The Bertz CT molecular complexity index is 769. The Morgan fingerprint density at radius 1 is 1.15 bits per heavy atom. The van der Waals surface area contributed by atoms with Crippen molar-refractivity contribution >= 4 is 17.3 Å². The first-order chi connectivity index (χ1) is 12.7. The zero-order chi connectivity index (χ0) is 18.4. The Balaban J connectivity index is 1.59. The molecule has 1 unspecified atom stereocenters. The average molecular weight is 348 g/mol. The second kappa shape index (κ2) is 8.56. The molecule has 0 bridgehead atoms. The number of nitrogens with one attached hydrogen (secondary N) is 1. The standard InChI is InChI=1S/C22H28N4/c1-3-17(2)19-9-11-20(12-10-19)25-22(23)24-16-18-7-6-8-21(15-18)26-13-4-5-14-26/h4-12,15,17H,3,13-14,16H2,1-2H3,(H3,23,24,25). The molecular formula is C22H28N4. The van der Waals surface area contributed by atoms with Gasteiger partial charge in [0.05, 0.1) is 6.54 Å². The third-order valence-corrected chi connectivity index (χ3v) is 4.89. The molecule has 4 nitrogen and oxygen atoms in total. The van der Waals surface area contributed by atoms with Gasteiger partial charge in [-0.25, -0.2) is 4.99 Å². The van der Waals surface area contributed by atoms with E-state index in [-0.39, 0.29) is 0 Å². The van der Waals surface area contributed by atoms with Crippen molar-refractivity contribution in [3.05, 3.63) is 71.8 Å². The minimum absolute atomic E-state index is 0.439. The van der Waals surface area contributed by atoms with Crippen molar-refractivity contribution in [2.24, 2.45) is 10.7 Å². The van der Waals surface area contributed by atoms with E-state index in [2.05, 4.69) is 89.7 Å². The molecule has 0 fully saturated rings. The van der Waals surface area contributed by atoms with E-state index in [1.54, 1.807) is 0 Å². The molecule has 3 rings (SSSR count). The predicted molar refractivity (Wildman–Crippen MR) is 112 cm³/mol. The highest BCUT2D eigenvalue weighted by molar-refractivity contribution is 5.92. The van der Waals surface area contributed by atoms with Crippen LogP contribution in [0.15, 0.2) is 65.7 Å². The van der Waals surface area contributed by atoms with Crippen molar-refractivity contribution in [2.75, 3.05) is 23.3 Å². The summed E-state index contributed by atoms with van der Waals surface area (Å²) in [5, 5.41) is 3.17. The summed E-state index contributed by atoms with van der Waals surface area (Å²) in [6.07, 6.45) is 5.53. The van der Waals surface area contributed by atoms with Crippen molar-refractivity contribution in [1.82, 2.24) is 0 Å². The molecule has 0 aromatic heterocycles. The van der Waals surface area contributed by atoms with Crippen molar-refractivity contribution < 1.29 is 0 Å². The fourth-order valence-corrected chi connectivity index (χ4v) is 3.03. The Hall–Kier alpha value is -2.75. The fourth-order valence-electron chi connectivity index (χ4n) is 3.03. The van der Waals surface area contributed by atoms with Crippen LogP contribution in [0.5, 0.6) is 0 Å². The van der Waals surface area contributed by atoms with E-state index in [1.807, 2.05) is 0 Å². The van der Waals surface area contributed by atoms with Crippen LogP contribution in [-0.4, -0.2) is 19.0 Å². The molecule has 26 heavy (non-hydrogen) atoms. The van der Waals surface area contributed by atoms with Crippen molar-refractivity contribution in [3.8, 4) is 0 Å². The summed E-state index contributed by atoms with van der Waals surface area (Å²) in [6.45, 7) is 6.96. The highest BCUT2D eigenvalue weighted by Gasteiger charge is 2.07. The molecular weight excluding hydrogens is 320 g/mol. The summed E-state index contributed by atoms with van der Waals surface area (Å²) in [7, 11) is 0. The highest BCUT2D eigenvalue weighted by Crippen LogP contribution is 2.21. The van der Waals surface area contributed by atoms with E-state index in [1.165, 1.54) is 11.3 Å². The number of nitrogens with two attached hydrogens (primary N) is 1. The third kappa shape index (κ3) is 4.66. The van der Waals surface area contributed by atoms with Crippen LogP contribution in [0.3, 0.4) is 0 Å². The van der Waals surface area contributed by atoms with Gasteiger partial charge in [-0.05, 0) is 47.7 Å². The van der Waals surface area contributed by atoms with Crippen LogP contribution in [-0.2, 0) is 6.54 Å². The van der Waals surface area contributed by atoms with Gasteiger partial charge in [0.25, 0.3) is 0 Å². The van der Waals surface area contributed by atoms with Gasteiger partial charge in [-0.2, -0.15) is 0 Å². The topological polar surface area (TPSA) is 53.6 Å². The molecule has 0 amide bonds. The lowest BCUT2D eigenvalue weighted by molar-refractivity contribution is 0.734. The van der Waals surface area contributed by atoms with Gasteiger partial charge in [0.2, 0.25) is 0 Å². The van der Waals surface area contributed by atoms with Crippen molar-refractivity contribution in [3.63, 3.8) is 0 Å². The van der Waals surface area contributed by atoms with Gasteiger partial charge in [0, 0.05) is 24.5 Å². The Labute approximate surface area is 156 Å². The summed E-state index contributed by atoms with van der Waals surface area (Å²) in [5.41, 5.74) is 10.8. The first-order valence-electron chi connectivity index (χ1n) is 9.31. The average Bonchev–Trinajstić information content (AvgIpc) is 3.21. The first kappa shape index (κ1) is 18.1. The summed E-state index contributed by atoms with van der Waals surface area (Å²) >= 11 is 0.